The molecule has 0 atom stereocenters. The van der Waals surface area contributed by atoms with E-state index >= 15 is 0 Å². The van der Waals surface area contributed by atoms with E-state index < -0.39 is 6.03 Å². The summed E-state index contributed by atoms with van der Waals surface area (Å²) in [5.41, 5.74) is 4.96. The van der Waals surface area contributed by atoms with Crippen LogP contribution in [-0.2, 0) is 0 Å². The third-order valence-corrected chi connectivity index (χ3v) is 2.52. The highest BCUT2D eigenvalue weighted by atomic mass is 16.2. The van der Waals surface area contributed by atoms with Crippen LogP contribution in [0.2, 0.25) is 0 Å². The SMILES string of the molecule is CCC(CC)c1ccccc1.NNC(=O)NN. The molecule has 1 aromatic rings. The van der Waals surface area contributed by atoms with E-state index in [-0.39, 0.29) is 0 Å². The Morgan fingerprint density at radius 1 is 1.12 bits per heavy atom. The Labute approximate surface area is 103 Å². The molecule has 0 heterocycles. The number of hydrogen-bond acceptors (Lipinski definition) is 3. The van der Waals surface area contributed by atoms with Crippen molar-refractivity contribution in [1.29, 1.82) is 0 Å². The lowest BCUT2D eigenvalue weighted by atomic mass is 9.94. The van der Waals surface area contributed by atoms with E-state index in [0.717, 1.165) is 5.92 Å². The highest BCUT2D eigenvalue weighted by Gasteiger charge is 2.03. The van der Waals surface area contributed by atoms with Crippen molar-refractivity contribution in [2.24, 2.45) is 11.7 Å². The van der Waals surface area contributed by atoms with Crippen LogP contribution < -0.4 is 22.5 Å². The minimum atomic E-state index is -0.602. The van der Waals surface area contributed by atoms with Crippen LogP contribution in [0.15, 0.2) is 30.3 Å². The highest BCUT2D eigenvalue weighted by Crippen LogP contribution is 2.21. The van der Waals surface area contributed by atoms with Gasteiger partial charge in [0.2, 0.25) is 0 Å². The predicted octanol–water partition coefficient (Wildman–Crippen LogP) is 1.62. The zero-order chi connectivity index (χ0) is 13.1. The molecule has 96 valence electrons. The van der Waals surface area contributed by atoms with Crippen LogP contribution in [0.4, 0.5) is 4.79 Å². The first-order chi connectivity index (χ1) is 8.19. The molecule has 2 amide bonds. The van der Waals surface area contributed by atoms with Crippen molar-refractivity contribution in [1.82, 2.24) is 10.9 Å². The first kappa shape index (κ1) is 15.4. The molecule has 0 saturated carbocycles. The van der Waals surface area contributed by atoms with Crippen LogP contribution in [0.3, 0.4) is 0 Å². The highest BCUT2D eigenvalue weighted by molar-refractivity contribution is 5.72. The number of carbonyl (C=O) groups is 1. The maximum absolute atomic E-state index is 9.71. The molecule has 0 bridgehead atoms. The van der Waals surface area contributed by atoms with Gasteiger partial charge in [0.1, 0.15) is 0 Å². The van der Waals surface area contributed by atoms with Crippen LogP contribution in [-0.4, -0.2) is 6.03 Å². The minimum absolute atomic E-state index is 0.602. The molecule has 0 unspecified atom stereocenters. The van der Waals surface area contributed by atoms with Crippen molar-refractivity contribution in [2.75, 3.05) is 0 Å². The lowest BCUT2D eigenvalue weighted by Crippen LogP contribution is -2.43. The number of benzene rings is 1. The van der Waals surface area contributed by atoms with Crippen molar-refractivity contribution in [2.45, 2.75) is 32.6 Å². The summed E-state index contributed by atoms with van der Waals surface area (Å²) in [5, 5.41) is 0. The van der Waals surface area contributed by atoms with E-state index in [9.17, 15) is 4.79 Å². The molecule has 6 N–H and O–H groups in total. The number of urea groups is 1. The zero-order valence-electron chi connectivity index (χ0n) is 10.4. The van der Waals surface area contributed by atoms with Gasteiger partial charge in [-0.05, 0) is 24.3 Å². The Morgan fingerprint density at radius 2 is 1.59 bits per heavy atom. The third-order valence-electron chi connectivity index (χ3n) is 2.52. The average molecular weight is 238 g/mol. The van der Waals surface area contributed by atoms with Gasteiger partial charge in [-0.15, -0.1) is 0 Å². The summed E-state index contributed by atoms with van der Waals surface area (Å²) < 4.78 is 0. The van der Waals surface area contributed by atoms with Crippen LogP contribution in [0.1, 0.15) is 38.2 Å². The first-order valence-electron chi connectivity index (χ1n) is 5.71. The topological polar surface area (TPSA) is 93.2 Å². The van der Waals surface area contributed by atoms with Gasteiger partial charge in [0.25, 0.3) is 0 Å². The molecule has 5 nitrogen and oxygen atoms in total. The molecular weight excluding hydrogens is 216 g/mol. The van der Waals surface area contributed by atoms with E-state index in [1.165, 1.54) is 18.4 Å². The molecule has 1 rings (SSSR count). The van der Waals surface area contributed by atoms with Gasteiger partial charge in [-0.1, -0.05) is 44.2 Å². The number of nitrogens with two attached hydrogens (primary N) is 2. The van der Waals surface area contributed by atoms with Gasteiger partial charge >= 0.3 is 6.03 Å². The van der Waals surface area contributed by atoms with Crippen molar-refractivity contribution in [3.63, 3.8) is 0 Å². The first-order valence-corrected chi connectivity index (χ1v) is 5.71. The summed E-state index contributed by atoms with van der Waals surface area (Å²) in [6, 6.07) is 10.2. The summed E-state index contributed by atoms with van der Waals surface area (Å²) in [6.07, 6.45) is 2.50. The van der Waals surface area contributed by atoms with Crippen LogP contribution >= 0.6 is 0 Å². The van der Waals surface area contributed by atoms with E-state index in [1.807, 2.05) is 0 Å². The molecule has 17 heavy (non-hydrogen) atoms. The summed E-state index contributed by atoms with van der Waals surface area (Å²) in [4.78, 5) is 9.71. The van der Waals surface area contributed by atoms with Crippen LogP contribution in [0.25, 0.3) is 0 Å². The molecule has 0 radical (unpaired) electrons. The van der Waals surface area contributed by atoms with Gasteiger partial charge in [0.05, 0.1) is 0 Å². The second-order valence-corrected chi connectivity index (χ2v) is 3.54. The van der Waals surface area contributed by atoms with Gasteiger partial charge in [-0.2, -0.15) is 0 Å². The molecule has 0 aliphatic heterocycles. The molecule has 0 saturated heterocycles. The maximum Gasteiger partial charge on any atom is 0.343 e. The molecule has 1 aromatic carbocycles. The van der Waals surface area contributed by atoms with Crippen molar-refractivity contribution >= 4 is 6.03 Å². The lowest BCUT2D eigenvalue weighted by Gasteiger charge is -2.11. The van der Waals surface area contributed by atoms with E-state index in [4.69, 9.17) is 0 Å². The fourth-order valence-corrected chi connectivity index (χ4v) is 1.53. The van der Waals surface area contributed by atoms with Gasteiger partial charge < -0.3 is 0 Å². The van der Waals surface area contributed by atoms with Crippen LogP contribution in [0, 0.1) is 0 Å². The number of carbonyl (C=O) groups excluding carboxylic acids is 1. The van der Waals surface area contributed by atoms with Crippen molar-refractivity contribution in [3.05, 3.63) is 35.9 Å². The Hall–Kier alpha value is -1.59. The van der Waals surface area contributed by atoms with Gasteiger partial charge in [-0.25, -0.2) is 16.5 Å². The second kappa shape index (κ2) is 9.62. The maximum atomic E-state index is 9.71. The van der Waals surface area contributed by atoms with Crippen molar-refractivity contribution < 1.29 is 4.79 Å². The summed E-state index contributed by atoms with van der Waals surface area (Å²) in [5.74, 6) is 9.84. The van der Waals surface area contributed by atoms with E-state index in [0.29, 0.717) is 0 Å². The van der Waals surface area contributed by atoms with Gasteiger partial charge in [0.15, 0.2) is 0 Å². The monoisotopic (exact) mass is 238 g/mol. The minimum Gasteiger partial charge on any atom is -0.275 e. The molecule has 0 aromatic heterocycles. The number of hydrogen-bond donors (Lipinski definition) is 4. The lowest BCUT2D eigenvalue weighted by molar-refractivity contribution is 0.241. The standard InChI is InChI=1S/C11H16.CH6N4O/c1-3-10(4-2)11-8-6-5-7-9-11;2-4-1(6)5-3/h5-10H,3-4H2,1-2H3;2-3H2,(H2,4,5,6). The van der Waals surface area contributed by atoms with E-state index in [1.54, 1.807) is 10.9 Å². The predicted molar refractivity (Wildman–Crippen MR) is 69.8 cm³/mol. The van der Waals surface area contributed by atoms with Gasteiger partial charge in [-0.3, -0.25) is 10.9 Å². The Bertz CT molecular complexity index is 293. The van der Waals surface area contributed by atoms with Crippen LogP contribution in [0.5, 0.6) is 0 Å². The fourth-order valence-electron chi connectivity index (χ4n) is 1.53. The number of amides is 2. The Kier molecular flexibility index (Phi) is 8.72. The molecular formula is C12H22N4O. The number of nitrogens with one attached hydrogen (secondary N) is 2. The van der Waals surface area contributed by atoms with Gasteiger partial charge in [0, 0.05) is 0 Å². The summed E-state index contributed by atoms with van der Waals surface area (Å²) >= 11 is 0. The smallest absolute Gasteiger partial charge is 0.275 e. The normalized spacial score (nSPS) is 9.24. The largest absolute Gasteiger partial charge is 0.343 e. The second-order valence-electron chi connectivity index (χ2n) is 3.54. The summed E-state index contributed by atoms with van der Waals surface area (Å²) in [7, 11) is 0. The Balaban J connectivity index is 0.000000366. The van der Waals surface area contributed by atoms with Crippen molar-refractivity contribution in [3.8, 4) is 0 Å². The van der Waals surface area contributed by atoms with E-state index in [2.05, 4.69) is 55.9 Å². The fraction of sp³-hybridized carbons (Fsp3) is 0.417. The Morgan fingerprint density at radius 3 is 1.88 bits per heavy atom. The molecule has 0 aliphatic carbocycles. The molecule has 0 aliphatic rings. The molecule has 0 fully saturated rings. The number of rotatable bonds is 3. The quantitative estimate of drug-likeness (QED) is 0.366. The molecule has 0 spiro atoms. The average Bonchev–Trinajstić information content (AvgIpc) is 2.41. The number of hydrazine groups is 2. The summed E-state index contributed by atoms with van der Waals surface area (Å²) in [6.45, 7) is 4.50. The molecule has 5 heteroatoms. The third kappa shape index (κ3) is 6.55. The zero-order valence-corrected chi connectivity index (χ0v) is 10.4.